The zero-order valence-electron chi connectivity index (χ0n) is 11.8. The first-order valence-electron chi connectivity index (χ1n) is 6.12. The molecule has 98 valence electrons. The maximum Gasteiger partial charge on any atom is 0.123 e. The Bertz CT molecular complexity index is 355. The lowest BCUT2D eigenvalue weighted by molar-refractivity contribution is -0.0134. The van der Waals surface area contributed by atoms with Gasteiger partial charge in [-0.1, -0.05) is 20.8 Å². The van der Waals surface area contributed by atoms with Crippen LogP contribution in [0.1, 0.15) is 49.4 Å². The molecule has 0 saturated carbocycles. The largest absolute Gasteiger partial charge is 0.371 e. The number of hydrogen-bond acceptors (Lipinski definition) is 4. The van der Waals surface area contributed by atoms with E-state index in [9.17, 15) is 0 Å². The molecule has 1 atom stereocenters. The summed E-state index contributed by atoms with van der Waals surface area (Å²) in [5.74, 6) is 0. The number of hydrogen-bond donors (Lipinski definition) is 1. The molecule has 1 heterocycles. The minimum atomic E-state index is 0.0806. The summed E-state index contributed by atoms with van der Waals surface area (Å²) in [5.41, 5.74) is 1.20. The first-order chi connectivity index (χ1) is 7.90. The smallest absolute Gasteiger partial charge is 0.123 e. The van der Waals surface area contributed by atoms with Gasteiger partial charge in [-0.2, -0.15) is 0 Å². The van der Waals surface area contributed by atoms with Crippen molar-refractivity contribution >= 4 is 11.3 Å². The summed E-state index contributed by atoms with van der Waals surface area (Å²) in [5, 5.41) is 4.28. The summed E-state index contributed by atoms with van der Waals surface area (Å²) in [7, 11) is 1.96. The van der Waals surface area contributed by atoms with Crippen LogP contribution < -0.4 is 5.32 Å². The van der Waals surface area contributed by atoms with Crippen molar-refractivity contribution in [3.63, 3.8) is 0 Å². The summed E-state index contributed by atoms with van der Waals surface area (Å²) in [6.45, 7) is 12.3. The molecule has 17 heavy (non-hydrogen) atoms. The maximum atomic E-state index is 5.87. The third-order valence-corrected chi connectivity index (χ3v) is 3.79. The first kappa shape index (κ1) is 14.6. The van der Waals surface area contributed by atoms with Gasteiger partial charge >= 0.3 is 0 Å². The molecule has 0 saturated heterocycles. The molecule has 0 fully saturated rings. The molecule has 4 heteroatoms. The zero-order valence-corrected chi connectivity index (χ0v) is 12.6. The summed E-state index contributed by atoms with van der Waals surface area (Å²) in [6.07, 6.45) is 0.0850. The number of ether oxygens (including phenoxy) is 1. The van der Waals surface area contributed by atoms with E-state index in [4.69, 9.17) is 4.74 Å². The van der Waals surface area contributed by atoms with Crippen LogP contribution in [0.5, 0.6) is 0 Å². The topological polar surface area (TPSA) is 34.1 Å². The van der Waals surface area contributed by atoms with Crippen molar-refractivity contribution in [3.8, 4) is 0 Å². The molecule has 3 nitrogen and oxygen atoms in total. The van der Waals surface area contributed by atoms with Gasteiger partial charge in [-0.3, -0.25) is 0 Å². The molecule has 1 N–H and O–H groups in total. The van der Waals surface area contributed by atoms with E-state index in [-0.39, 0.29) is 11.5 Å². The quantitative estimate of drug-likeness (QED) is 0.877. The lowest BCUT2D eigenvalue weighted by Gasteiger charge is -2.28. The van der Waals surface area contributed by atoms with Gasteiger partial charge in [0.05, 0.1) is 5.69 Å². The molecule has 1 aromatic rings. The normalized spacial score (nSPS) is 14.0. The van der Waals surface area contributed by atoms with Gasteiger partial charge in [0.15, 0.2) is 0 Å². The van der Waals surface area contributed by atoms with Gasteiger partial charge in [0.2, 0.25) is 0 Å². The lowest BCUT2D eigenvalue weighted by atomic mass is 9.89. The van der Waals surface area contributed by atoms with Crippen LogP contribution in [0.25, 0.3) is 0 Å². The molecule has 0 aliphatic carbocycles. The first-order valence-corrected chi connectivity index (χ1v) is 6.94. The molecule has 0 spiro atoms. The Morgan fingerprint density at radius 3 is 2.53 bits per heavy atom. The molecule has 0 amide bonds. The Morgan fingerprint density at radius 1 is 1.41 bits per heavy atom. The van der Waals surface area contributed by atoms with E-state index in [1.54, 1.807) is 11.3 Å². The van der Waals surface area contributed by atoms with Crippen molar-refractivity contribution in [3.05, 3.63) is 15.6 Å². The monoisotopic (exact) mass is 256 g/mol. The Balaban J connectivity index is 2.98. The molecule has 1 aromatic heterocycles. The number of nitrogens with one attached hydrogen (secondary N) is 1. The number of nitrogens with zero attached hydrogens (tertiary/aromatic N) is 1. The van der Waals surface area contributed by atoms with Crippen molar-refractivity contribution in [2.45, 2.75) is 47.3 Å². The van der Waals surface area contributed by atoms with Crippen molar-refractivity contribution in [1.29, 1.82) is 0 Å². The Labute approximate surface area is 109 Å². The standard InChI is InChI=1S/C13H24N2OS/c1-7-16-11(13(3,4)5)12-15-9(2)10(17-12)8-14-6/h11,14H,7-8H2,1-6H3. The van der Waals surface area contributed by atoms with E-state index in [0.29, 0.717) is 0 Å². The van der Waals surface area contributed by atoms with E-state index in [1.165, 1.54) is 4.88 Å². The van der Waals surface area contributed by atoms with Crippen LogP contribution in [0.2, 0.25) is 0 Å². The molecule has 0 radical (unpaired) electrons. The molecule has 0 aromatic carbocycles. The van der Waals surface area contributed by atoms with Crippen molar-refractivity contribution in [2.24, 2.45) is 5.41 Å². The summed E-state index contributed by atoms with van der Waals surface area (Å²) in [4.78, 5) is 5.97. The second kappa shape index (κ2) is 5.94. The highest BCUT2D eigenvalue weighted by Crippen LogP contribution is 2.38. The van der Waals surface area contributed by atoms with Crippen molar-refractivity contribution in [1.82, 2.24) is 10.3 Å². The van der Waals surface area contributed by atoms with E-state index < -0.39 is 0 Å². The second-order valence-corrected chi connectivity index (χ2v) is 6.41. The molecule has 1 unspecified atom stereocenters. The van der Waals surface area contributed by atoms with Gasteiger partial charge < -0.3 is 10.1 Å². The highest BCUT2D eigenvalue weighted by molar-refractivity contribution is 7.11. The van der Waals surface area contributed by atoms with Crippen LogP contribution >= 0.6 is 11.3 Å². The van der Waals surface area contributed by atoms with Crippen LogP contribution in [-0.4, -0.2) is 18.6 Å². The molecular formula is C13H24N2OS. The molecule has 0 aliphatic heterocycles. The van der Waals surface area contributed by atoms with Crippen LogP contribution in [0.4, 0.5) is 0 Å². The third kappa shape index (κ3) is 3.76. The number of thiazole rings is 1. The minimum absolute atomic E-state index is 0.0806. The van der Waals surface area contributed by atoms with E-state index in [0.717, 1.165) is 23.9 Å². The van der Waals surface area contributed by atoms with Gasteiger partial charge in [0.1, 0.15) is 11.1 Å². The number of rotatable bonds is 5. The van der Waals surface area contributed by atoms with Gasteiger partial charge in [-0.25, -0.2) is 4.98 Å². The summed E-state index contributed by atoms with van der Waals surface area (Å²) < 4.78 is 5.87. The molecule has 1 rings (SSSR count). The molecular weight excluding hydrogens is 232 g/mol. The van der Waals surface area contributed by atoms with Crippen LogP contribution in [0.15, 0.2) is 0 Å². The van der Waals surface area contributed by atoms with Crippen molar-refractivity contribution < 1.29 is 4.74 Å². The number of aromatic nitrogens is 1. The Morgan fingerprint density at radius 2 is 2.06 bits per heavy atom. The minimum Gasteiger partial charge on any atom is -0.371 e. The second-order valence-electron chi connectivity index (χ2n) is 5.29. The Hall–Kier alpha value is -0.450. The predicted octanol–water partition coefficient (Wildman–Crippen LogP) is 3.29. The third-order valence-electron chi connectivity index (χ3n) is 2.59. The van der Waals surface area contributed by atoms with Crippen LogP contribution in [0.3, 0.4) is 0 Å². The number of aryl methyl sites for hydroxylation is 1. The summed E-state index contributed by atoms with van der Waals surface area (Å²) in [6, 6.07) is 0. The fourth-order valence-corrected chi connectivity index (χ4v) is 3.12. The van der Waals surface area contributed by atoms with Gasteiger partial charge in [0.25, 0.3) is 0 Å². The van der Waals surface area contributed by atoms with E-state index in [2.05, 4.69) is 38.0 Å². The zero-order chi connectivity index (χ0) is 13.1. The van der Waals surface area contributed by atoms with Crippen molar-refractivity contribution in [2.75, 3.05) is 13.7 Å². The molecule has 0 aliphatic rings. The average molecular weight is 256 g/mol. The van der Waals surface area contributed by atoms with Gasteiger partial charge in [0, 0.05) is 18.0 Å². The van der Waals surface area contributed by atoms with Crippen LogP contribution in [-0.2, 0) is 11.3 Å². The fourth-order valence-electron chi connectivity index (χ4n) is 1.75. The highest BCUT2D eigenvalue weighted by atomic mass is 32.1. The maximum absolute atomic E-state index is 5.87. The average Bonchev–Trinajstić information content (AvgIpc) is 2.55. The lowest BCUT2D eigenvalue weighted by Crippen LogP contribution is -2.21. The Kier molecular flexibility index (Phi) is 5.10. The highest BCUT2D eigenvalue weighted by Gasteiger charge is 2.30. The van der Waals surface area contributed by atoms with E-state index >= 15 is 0 Å². The predicted molar refractivity (Wildman–Crippen MR) is 73.4 cm³/mol. The van der Waals surface area contributed by atoms with Gasteiger partial charge in [-0.15, -0.1) is 11.3 Å². The summed E-state index contributed by atoms with van der Waals surface area (Å²) >= 11 is 1.76. The van der Waals surface area contributed by atoms with Crippen LogP contribution in [0, 0.1) is 12.3 Å². The molecule has 0 bridgehead atoms. The fraction of sp³-hybridized carbons (Fsp3) is 0.769. The van der Waals surface area contributed by atoms with Gasteiger partial charge in [-0.05, 0) is 26.3 Å². The van der Waals surface area contributed by atoms with E-state index in [1.807, 2.05) is 14.0 Å². The SMILES string of the molecule is CCOC(c1nc(C)c(CNC)s1)C(C)(C)C.